The van der Waals surface area contributed by atoms with Crippen LogP contribution in [-0.4, -0.2) is 32.1 Å². The summed E-state index contributed by atoms with van der Waals surface area (Å²) in [7, 11) is 4.20. The first kappa shape index (κ1) is 12.2. The zero-order valence-electron chi connectivity index (χ0n) is 11.0. The fraction of sp³-hybridized carbons (Fsp3) is 0.467. The summed E-state index contributed by atoms with van der Waals surface area (Å²) in [5, 5.41) is 0. The van der Waals surface area contributed by atoms with Gasteiger partial charge in [-0.05, 0) is 62.7 Å². The minimum Gasteiger partial charge on any atom is -0.494 e. The van der Waals surface area contributed by atoms with Crippen molar-refractivity contribution in [2.45, 2.75) is 19.8 Å². The largest absolute Gasteiger partial charge is 0.494 e. The van der Waals surface area contributed by atoms with Gasteiger partial charge >= 0.3 is 0 Å². The highest BCUT2D eigenvalue weighted by atomic mass is 16.5. The Kier molecular flexibility index (Phi) is 3.85. The van der Waals surface area contributed by atoms with Crippen molar-refractivity contribution in [1.29, 1.82) is 0 Å². The fourth-order valence-electron chi connectivity index (χ4n) is 2.24. The van der Waals surface area contributed by atoms with Crippen molar-refractivity contribution in [3.05, 3.63) is 35.4 Å². The molecule has 1 aliphatic rings. The molecule has 0 fully saturated rings. The number of likely N-dealkylation sites (N-methyl/N-ethyl adjacent to an activating group) is 1. The van der Waals surface area contributed by atoms with Crippen LogP contribution in [0.5, 0.6) is 5.75 Å². The van der Waals surface area contributed by atoms with Gasteiger partial charge < -0.3 is 9.64 Å². The number of rotatable bonds is 4. The van der Waals surface area contributed by atoms with Gasteiger partial charge in [0.15, 0.2) is 0 Å². The third kappa shape index (κ3) is 2.89. The number of allylic oxidation sites excluding steroid dienone is 1. The SMILES string of the molecule is CCOc1ccc2c(c1)/C(=C/CN(C)C)CC2. The van der Waals surface area contributed by atoms with Gasteiger partial charge in [-0.3, -0.25) is 0 Å². The van der Waals surface area contributed by atoms with Crippen molar-refractivity contribution < 1.29 is 4.74 Å². The summed E-state index contributed by atoms with van der Waals surface area (Å²) in [5.74, 6) is 0.990. The highest BCUT2D eigenvalue weighted by Gasteiger charge is 2.16. The van der Waals surface area contributed by atoms with Gasteiger partial charge in [0.1, 0.15) is 5.75 Å². The van der Waals surface area contributed by atoms with Gasteiger partial charge in [0.05, 0.1) is 6.61 Å². The normalized spacial score (nSPS) is 16.6. The Labute approximate surface area is 104 Å². The average Bonchev–Trinajstić information content (AvgIpc) is 2.69. The van der Waals surface area contributed by atoms with E-state index in [0.29, 0.717) is 0 Å². The Morgan fingerprint density at radius 3 is 2.82 bits per heavy atom. The van der Waals surface area contributed by atoms with Crippen LogP contribution in [0.2, 0.25) is 0 Å². The molecule has 1 aromatic carbocycles. The molecule has 0 aliphatic heterocycles. The van der Waals surface area contributed by atoms with Crippen LogP contribution in [0.25, 0.3) is 5.57 Å². The second kappa shape index (κ2) is 5.37. The quantitative estimate of drug-likeness (QED) is 0.790. The molecule has 0 saturated carbocycles. The Morgan fingerprint density at radius 2 is 2.12 bits per heavy atom. The molecule has 0 aromatic heterocycles. The molecule has 0 atom stereocenters. The maximum absolute atomic E-state index is 5.57. The Bertz CT molecular complexity index is 421. The zero-order valence-corrected chi connectivity index (χ0v) is 11.0. The average molecular weight is 231 g/mol. The molecule has 17 heavy (non-hydrogen) atoms. The summed E-state index contributed by atoms with van der Waals surface area (Å²) in [6.45, 7) is 3.76. The molecule has 92 valence electrons. The van der Waals surface area contributed by atoms with Crippen LogP contribution >= 0.6 is 0 Å². The van der Waals surface area contributed by atoms with E-state index in [4.69, 9.17) is 4.74 Å². The molecule has 0 N–H and O–H groups in total. The van der Waals surface area contributed by atoms with Crippen LogP contribution in [-0.2, 0) is 6.42 Å². The maximum atomic E-state index is 5.57. The molecule has 0 saturated heterocycles. The number of ether oxygens (including phenoxy) is 1. The monoisotopic (exact) mass is 231 g/mol. The lowest BCUT2D eigenvalue weighted by atomic mass is 10.1. The number of hydrogen-bond donors (Lipinski definition) is 0. The maximum Gasteiger partial charge on any atom is 0.119 e. The lowest BCUT2D eigenvalue weighted by Crippen LogP contribution is -2.10. The first-order valence-electron chi connectivity index (χ1n) is 6.30. The van der Waals surface area contributed by atoms with E-state index in [1.165, 1.54) is 29.5 Å². The van der Waals surface area contributed by atoms with Crippen molar-refractivity contribution in [2.24, 2.45) is 0 Å². The first-order chi connectivity index (χ1) is 8.20. The minimum atomic E-state index is 0.732. The van der Waals surface area contributed by atoms with Gasteiger partial charge in [-0.25, -0.2) is 0 Å². The molecule has 0 heterocycles. The van der Waals surface area contributed by atoms with Crippen LogP contribution in [0.4, 0.5) is 0 Å². The highest BCUT2D eigenvalue weighted by molar-refractivity contribution is 5.73. The van der Waals surface area contributed by atoms with Gasteiger partial charge in [0.2, 0.25) is 0 Å². The molecule has 0 amide bonds. The van der Waals surface area contributed by atoms with E-state index in [0.717, 1.165) is 18.9 Å². The summed E-state index contributed by atoms with van der Waals surface area (Å²) in [5.41, 5.74) is 4.31. The van der Waals surface area contributed by atoms with Gasteiger partial charge in [-0.15, -0.1) is 0 Å². The van der Waals surface area contributed by atoms with Crippen molar-refractivity contribution >= 4 is 5.57 Å². The third-order valence-corrected chi connectivity index (χ3v) is 3.10. The minimum absolute atomic E-state index is 0.732. The smallest absolute Gasteiger partial charge is 0.119 e. The van der Waals surface area contributed by atoms with Crippen LogP contribution in [0.15, 0.2) is 24.3 Å². The summed E-state index contributed by atoms with van der Waals surface area (Å²) in [4.78, 5) is 2.19. The lowest BCUT2D eigenvalue weighted by molar-refractivity contribution is 0.340. The van der Waals surface area contributed by atoms with E-state index in [1.807, 2.05) is 6.92 Å². The van der Waals surface area contributed by atoms with E-state index < -0.39 is 0 Å². The van der Waals surface area contributed by atoms with Crippen LogP contribution < -0.4 is 4.74 Å². The lowest BCUT2D eigenvalue weighted by Gasteiger charge is -2.08. The van der Waals surface area contributed by atoms with Gasteiger partial charge in [0.25, 0.3) is 0 Å². The van der Waals surface area contributed by atoms with E-state index in [1.54, 1.807) is 0 Å². The number of aryl methyl sites for hydroxylation is 1. The van der Waals surface area contributed by atoms with Crippen molar-refractivity contribution in [3.63, 3.8) is 0 Å². The van der Waals surface area contributed by atoms with Gasteiger partial charge in [0, 0.05) is 6.54 Å². The standard InChI is InChI=1S/C15H21NO/c1-4-17-14-8-7-12-5-6-13(15(12)11-14)9-10-16(2)3/h7-9,11H,4-6,10H2,1-3H3/b13-9+. The number of benzene rings is 1. The predicted molar refractivity (Wildman–Crippen MR) is 72.5 cm³/mol. The molecule has 1 aromatic rings. The Balaban J connectivity index is 2.23. The van der Waals surface area contributed by atoms with Gasteiger partial charge in [-0.2, -0.15) is 0 Å². The van der Waals surface area contributed by atoms with Crippen LogP contribution in [0.1, 0.15) is 24.5 Å². The third-order valence-electron chi connectivity index (χ3n) is 3.10. The van der Waals surface area contributed by atoms with Crippen LogP contribution in [0, 0.1) is 0 Å². The van der Waals surface area contributed by atoms with E-state index >= 15 is 0 Å². The molecule has 2 rings (SSSR count). The molecule has 0 spiro atoms. The summed E-state index contributed by atoms with van der Waals surface area (Å²) < 4.78 is 5.57. The van der Waals surface area contributed by atoms with E-state index in [9.17, 15) is 0 Å². The topological polar surface area (TPSA) is 12.5 Å². The molecule has 0 radical (unpaired) electrons. The predicted octanol–water partition coefficient (Wildman–Crippen LogP) is 2.98. The Hall–Kier alpha value is -1.28. The van der Waals surface area contributed by atoms with Crippen molar-refractivity contribution in [3.8, 4) is 5.75 Å². The molecule has 0 unspecified atom stereocenters. The van der Waals surface area contributed by atoms with E-state index in [2.05, 4.69) is 43.3 Å². The number of fused-ring (bicyclic) bond motifs is 1. The first-order valence-corrected chi connectivity index (χ1v) is 6.30. The van der Waals surface area contributed by atoms with E-state index in [-0.39, 0.29) is 0 Å². The number of nitrogens with zero attached hydrogens (tertiary/aromatic N) is 1. The molecule has 1 aliphatic carbocycles. The summed E-state index contributed by atoms with van der Waals surface area (Å²) in [6.07, 6.45) is 4.67. The second-order valence-corrected chi connectivity index (χ2v) is 4.74. The molecular weight excluding hydrogens is 210 g/mol. The molecule has 2 nitrogen and oxygen atoms in total. The zero-order chi connectivity index (χ0) is 12.3. The Morgan fingerprint density at radius 1 is 1.29 bits per heavy atom. The molecule has 2 heteroatoms. The molecular formula is C15H21NO. The second-order valence-electron chi connectivity index (χ2n) is 4.74. The van der Waals surface area contributed by atoms with Crippen LogP contribution in [0.3, 0.4) is 0 Å². The fourth-order valence-corrected chi connectivity index (χ4v) is 2.24. The molecule has 0 bridgehead atoms. The van der Waals surface area contributed by atoms with Gasteiger partial charge in [-0.1, -0.05) is 12.1 Å². The van der Waals surface area contributed by atoms with Crippen molar-refractivity contribution in [1.82, 2.24) is 4.90 Å². The van der Waals surface area contributed by atoms with Crippen molar-refractivity contribution in [2.75, 3.05) is 27.2 Å². The highest BCUT2D eigenvalue weighted by Crippen LogP contribution is 2.34. The number of hydrogen-bond acceptors (Lipinski definition) is 2. The summed E-state index contributed by atoms with van der Waals surface area (Å²) >= 11 is 0. The summed E-state index contributed by atoms with van der Waals surface area (Å²) in [6, 6.07) is 6.47.